The van der Waals surface area contributed by atoms with E-state index in [0.717, 1.165) is 78.9 Å². The molecule has 38 heavy (non-hydrogen) atoms. The number of likely N-dealkylation sites (N-methyl/N-ethyl adjacent to an activating group) is 1. The fraction of sp³-hybridized carbons (Fsp3) is 0.308. The minimum Gasteiger partial charge on any atom is -0.308 e. The number of aromatic nitrogens is 4. The lowest BCUT2D eigenvalue weighted by Gasteiger charge is -2.32. The Morgan fingerprint density at radius 1 is 1.00 bits per heavy atom. The van der Waals surface area contributed by atoms with Crippen molar-refractivity contribution < 1.29 is 18.0 Å². The zero-order valence-corrected chi connectivity index (χ0v) is 21.0. The van der Waals surface area contributed by atoms with Crippen molar-refractivity contribution in [1.29, 1.82) is 0 Å². The van der Waals surface area contributed by atoms with Crippen molar-refractivity contribution in [2.45, 2.75) is 12.7 Å². The summed E-state index contributed by atoms with van der Waals surface area (Å²) in [6.07, 6.45) is -1.74. The molecule has 0 atom stereocenters. The highest BCUT2D eigenvalue weighted by Gasteiger charge is 2.30. The molecule has 4 aromatic rings. The van der Waals surface area contributed by atoms with Crippen LogP contribution in [0, 0.1) is 0 Å². The van der Waals surface area contributed by atoms with Gasteiger partial charge in [-0.05, 0) is 48.5 Å². The maximum atomic E-state index is 12.9. The quantitative estimate of drug-likeness (QED) is 0.401. The van der Waals surface area contributed by atoms with Gasteiger partial charge in [-0.25, -0.2) is 14.8 Å². The minimum absolute atomic E-state index is 0.197. The molecular formula is C26H27F3N8O. The van der Waals surface area contributed by atoms with Crippen LogP contribution in [0.5, 0.6) is 0 Å². The van der Waals surface area contributed by atoms with Crippen LogP contribution in [0.3, 0.4) is 0 Å². The summed E-state index contributed by atoms with van der Waals surface area (Å²) in [6.45, 7) is 4.75. The van der Waals surface area contributed by atoms with Crippen molar-refractivity contribution in [2.75, 3.05) is 43.9 Å². The van der Waals surface area contributed by atoms with Crippen LogP contribution in [0.2, 0.25) is 0 Å². The number of halogens is 3. The Morgan fingerprint density at radius 3 is 2.45 bits per heavy atom. The van der Waals surface area contributed by atoms with E-state index in [-0.39, 0.29) is 5.82 Å². The number of urea groups is 1. The summed E-state index contributed by atoms with van der Waals surface area (Å²) < 4.78 is 40.5. The number of anilines is 2. The Morgan fingerprint density at radius 2 is 1.74 bits per heavy atom. The molecule has 1 aliphatic rings. The molecule has 0 unspecified atom stereocenters. The molecule has 0 bridgehead atoms. The zero-order valence-electron chi connectivity index (χ0n) is 21.0. The van der Waals surface area contributed by atoms with E-state index in [0.29, 0.717) is 5.69 Å². The molecule has 1 saturated heterocycles. The van der Waals surface area contributed by atoms with E-state index < -0.39 is 17.8 Å². The Kier molecular flexibility index (Phi) is 7.00. The first-order chi connectivity index (χ1) is 18.2. The van der Waals surface area contributed by atoms with Crippen molar-refractivity contribution in [1.82, 2.24) is 29.5 Å². The van der Waals surface area contributed by atoms with Crippen molar-refractivity contribution in [3.05, 3.63) is 66.1 Å². The predicted molar refractivity (Wildman–Crippen MR) is 139 cm³/mol. The first-order valence-corrected chi connectivity index (χ1v) is 12.1. The SMILES string of the molecule is CN1CCN(Cc2cc(-c3ccc(NC(=O)Nc4cc(C(F)(F)F)ccn4)cc3)c3cnn(C)c3n2)CC1. The number of hydrogen-bond acceptors (Lipinski definition) is 6. The standard InChI is InChI=1S/C26H27F3N8O/c1-35-9-11-37(12-10-35)16-20-14-21(22-15-31-36(2)24(22)32-20)17-3-5-19(6-4-17)33-25(38)34-23-13-18(7-8-30-23)26(27,28)29/h3-8,13-15H,9-12,16H2,1-2H3,(H2,30,33,34,38). The minimum atomic E-state index is -4.53. The van der Waals surface area contributed by atoms with Crippen LogP contribution >= 0.6 is 0 Å². The van der Waals surface area contributed by atoms with E-state index in [1.807, 2.05) is 19.2 Å². The first-order valence-electron chi connectivity index (χ1n) is 12.1. The summed E-state index contributed by atoms with van der Waals surface area (Å²) in [7, 11) is 3.99. The van der Waals surface area contributed by atoms with Crippen LogP contribution in [0.15, 0.2) is 54.9 Å². The fourth-order valence-electron chi connectivity index (χ4n) is 4.41. The largest absolute Gasteiger partial charge is 0.416 e. The monoisotopic (exact) mass is 524 g/mol. The molecule has 1 aliphatic heterocycles. The van der Waals surface area contributed by atoms with E-state index >= 15 is 0 Å². The Hall–Kier alpha value is -4.03. The summed E-state index contributed by atoms with van der Waals surface area (Å²) in [5.74, 6) is -0.197. The second kappa shape index (κ2) is 10.4. The van der Waals surface area contributed by atoms with Gasteiger partial charge in [0.2, 0.25) is 0 Å². The number of rotatable bonds is 5. The molecule has 4 heterocycles. The first kappa shape index (κ1) is 25.6. The van der Waals surface area contributed by atoms with Gasteiger partial charge in [0.1, 0.15) is 5.82 Å². The average Bonchev–Trinajstić information content (AvgIpc) is 3.25. The third kappa shape index (κ3) is 5.76. The zero-order chi connectivity index (χ0) is 26.9. The summed E-state index contributed by atoms with van der Waals surface area (Å²) in [5.41, 5.74) is 3.25. The summed E-state index contributed by atoms with van der Waals surface area (Å²) >= 11 is 0. The Bertz CT molecular complexity index is 1440. The third-order valence-electron chi connectivity index (χ3n) is 6.52. The number of pyridine rings is 2. The van der Waals surface area contributed by atoms with E-state index in [4.69, 9.17) is 4.98 Å². The number of alkyl halides is 3. The molecule has 9 nitrogen and oxygen atoms in total. The molecular weight excluding hydrogens is 497 g/mol. The number of benzene rings is 1. The maximum Gasteiger partial charge on any atom is 0.416 e. The van der Waals surface area contributed by atoms with Gasteiger partial charge in [-0.2, -0.15) is 18.3 Å². The van der Waals surface area contributed by atoms with Crippen molar-refractivity contribution in [3.8, 4) is 11.1 Å². The summed E-state index contributed by atoms with van der Waals surface area (Å²) in [4.78, 5) is 25.7. The van der Waals surface area contributed by atoms with E-state index in [9.17, 15) is 18.0 Å². The number of nitrogens with one attached hydrogen (secondary N) is 2. The van der Waals surface area contributed by atoms with Gasteiger partial charge >= 0.3 is 12.2 Å². The lowest BCUT2D eigenvalue weighted by Crippen LogP contribution is -2.44. The summed E-state index contributed by atoms with van der Waals surface area (Å²) in [6, 6.07) is 10.2. The van der Waals surface area contributed by atoms with Crippen LogP contribution in [0.4, 0.5) is 29.5 Å². The van der Waals surface area contributed by atoms with Gasteiger partial charge in [0.15, 0.2) is 5.65 Å². The number of aryl methyl sites for hydroxylation is 1. The molecule has 0 saturated carbocycles. The van der Waals surface area contributed by atoms with Gasteiger partial charge < -0.3 is 10.2 Å². The van der Waals surface area contributed by atoms with Crippen LogP contribution in [-0.2, 0) is 19.8 Å². The Labute approximate surface area is 217 Å². The molecule has 12 heteroatoms. The normalized spacial score (nSPS) is 15.1. The van der Waals surface area contributed by atoms with Gasteiger partial charge in [0, 0.05) is 57.0 Å². The number of carbonyl (C=O) groups is 1. The number of carbonyl (C=O) groups excluding carboxylic acids is 1. The maximum absolute atomic E-state index is 12.9. The lowest BCUT2D eigenvalue weighted by molar-refractivity contribution is -0.137. The van der Waals surface area contributed by atoms with Gasteiger partial charge in [-0.1, -0.05) is 12.1 Å². The van der Waals surface area contributed by atoms with Crippen molar-refractivity contribution >= 4 is 28.6 Å². The van der Waals surface area contributed by atoms with Crippen LogP contribution in [0.25, 0.3) is 22.2 Å². The van der Waals surface area contributed by atoms with Gasteiger partial charge in [-0.3, -0.25) is 14.9 Å². The average molecular weight is 525 g/mol. The lowest BCUT2D eigenvalue weighted by atomic mass is 10.0. The predicted octanol–water partition coefficient (Wildman–Crippen LogP) is 4.44. The van der Waals surface area contributed by atoms with E-state index in [1.165, 1.54) is 0 Å². The highest BCUT2D eigenvalue weighted by molar-refractivity contribution is 5.99. The highest BCUT2D eigenvalue weighted by Crippen LogP contribution is 2.31. The van der Waals surface area contributed by atoms with Crippen molar-refractivity contribution in [3.63, 3.8) is 0 Å². The molecule has 0 spiro atoms. The molecule has 2 N–H and O–H groups in total. The van der Waals surface area contributed by atoms with Crippen molar-refractivity contribution in [2.24, 2.45) is 7.05 Å². The molecule has 3 aromatic heterocycles. The smallest absolute Gasteiger partial charge is 0.308 e. The molecule has 1 fully saturated rings. The topological polar surface area (TPSA) is 91.2 Å². The number of amides is 2. The Balaban J connectivity index is 1.32. The molecule has 1 aromatic carbocycles. The molecule has 2 amide bonds. The van der Waals surface area contributed by atoms with Gasteiger partial charge in [0.05, 0.1) is 17.5 Å². The number of fused-ring (bicyclic) bond motifs is 1. The van der Waals surface area contributed by atoms with E-state index in [2.05, 4.69) is 43.6 Å². The fourth-order valence-corrected chi connectivity index (χ4v) is 4.41. The van der Waals surface area contributed by atoms with Crippen LogP contribution < -0.4 is 10.6 Å². The number of piperazine rings is 1. The van der Waals surface area contributed by atoms with Gasteiger partial charge in [0.25, 0.3) is 0 Å². The van der Waals surface area contributed by atoms with Gasteiger partial charge in [-0.15, -0.1) is 0 Å². The number of nitrogens with zero attached hydrogens (tertiary/aromatic N) is 6. The second-order valence-corrected chi connectivity index (χ2v) is 9.33. The third-order valence-corrected chi connectivity index (χ3v) is 6.52. The second-order valence-electron chi connectivity index (χ2n) is 9.33. The molecule has 0 radical (unpaired) electrons. The molecule has 198 valence electrons. The summed E-state index contributed by atoms with van der Waals surface area (Å²) in [5, 5.41) is 10.3. The highest BCUT2D eigenvalue weighted by atomic mass is 19.4. The van der Waals surface area contributed by atoms with Crippen LogP contribution in [0.1, 0.15) is 11.3 Å². The van der Waals surface area contributed by atoms with Crippen LogP contribution in [-0.4, -0.2) is 68.8 Å². The molecule has 5 rings (SSSR count). The number of hydrogen-bond donors (Lipinski definition) is 2. The van der Waals surface area contributed by atoms with E-state index in [1.54, 1.807) is 23.0 Å². The molecule has 0 aliphatic carbocycles.